The van der Waals surface area contributed by atoms with Crippen LogP contribution in [-0.4, -0.2) is 49.0 Å². The number of aromatic nitrogens is 2. The molecule has 1 heterocycles. The Bertz CT molecular complexity index is 1190. The molecule has 37 heavy (non-hydrogen) atoms. The quantitative estimate of drug-likeness (QED) is 0.288. The largest absolute Gasteiger partial charge is 0.481 e. The fourth-order valence-electron chi connectivity index (χ4n) is 4.35. The van der Waals surface area contributed by atoms with Crippen LogP contribution in [0.3, 0.4) is 0 Å². The molecule has 0 aliphatic carbocycles. The second-order valence-corrected chi connectivity index (χ2v) is 9.52. The van der Waals surface area contributed by atoms with Gasteiger partial charge >= 0.3 is 5.97 Å². The average Bonchev–Trinajstić information content (AvgIpc) is 3.23. The number of aliphatic carboxylic acids is 1. The minimum Gasteiger partial charge on any atom is -0.481 e. The molecule has 2 aromatic carbocycles. The van der Waals surface area contributed by atoms with E-state index in [0.717, 1.165) is 5.56 Å². The predicted octanol–water partition coefficient (Wildman–Crippen LogP) is 4.28. The maximum atomic E-state index is 13.6. The number of carbonyl (C=O) groups is 2. The summed E-state index contributed by atoms with van der Waals surface area (Å²) in [5, 5.41) is 32.2. The molecule has 3 atom stereocenters. The van der Waals surface area contributed by atoms with Gasteiger partial charge in [-0.15, -0.1) is 0 Å². The van der Waals surface area contributed by atoms with Gasteiger partial charge in [0.15, 0.2) is 0 Å². The van der Waals surface area contributed by atoms with E-state index in [1.54, 1.807) is 12.1 Å². The Kier molecular flexibility index (Phi) is 9.54. The Labute approximate surface area is 215 Å². The maximum absolute atomic E-state index is 13.6. The molecular formula is C28H34FN3O5. The van der Waals surface area contributed by atoms with Gasteiger partial charge in [-0.3, -0.25) is 9.59 Å². The minimum atomic E-state index is -1.17. The summed E-state index contributed by atoms with van der Waals surface area (Å²) in [7, 11) is 0. The number of carboxylic acids is 1. The summed E-state index contributed by atoms with van der Waals surface area (Å²) in [6, 6.07) is 15.1. The van der Waals surface area contributed by atoms with E-state index in [0.29, 0.717) is 17.1 Å². The van der Waals surface area contributed by atoms with Crippen molar-refractivity contribution in [2.75, 3.05) is 0 Å². The van der Waals surface area contributed by atoms with Crippen LogP contribution in [0.1, 0.15) is 73.7 Å². The summed E-state index contributed by atoms with van der Waals surface area (Å²) in [5.41, 5.74) is 2.47. The summed E-state index contributed by atoms with van der Waals surface area (Å²) in [5.74, 6) is -1.54. The molecule has 8 nitrogen and oxygen atoms in total. The Hall–Kier alpha value is -3.56. The lowest BCUT2D eigenvalue weighted by Crippen LogP contribution is -2.28. The van der Waals surface area contributed by atoms with Crippen LogP contribution >= 0.6 is 0 Å². The van der Waals surface area contributed by atoms with Crippen LogP contribution in [0.25, 0.3) is 11.4 Å². The second-order valence-electron chi connectivity index (χ2n) is 9.52. The Morgan fingerprint density at radius 2 is 1.65 bits per heavy atom. The van der Waals surface area contributed by atoms with Gasteiger partial charge in [0.2, 0.25) is 0 Å². The van der Waals surface area contributed by atoms with Crippen LogP contribution in [-0.2, 0) is 11.3 Å². The van der Waals surface area contributed by atoms with E-state index in [1.807, 2.05) is 55.7 Å². The van der Waals surface area contributed by atoms with Crippen molar-refractivity contribution in [2.24, 2.45) is 0 Å². The van der Waals surface area contributed by atoms with Crippen molar-refractivity contribution in [2.45, 2.75) is 70.7 Å². The topological polar surface area (TPSA) is 125 Å². The first-order valence-electron chi connectivity index (χ1n) is 12.4. The molecule has 0 unspecified atom stereocenters. The van der Waals surface area contributed by atoms with Gasteiger partial charge in [-0.25, -0.2) is 9.37 Å². The van der Waals surface area contributed by atoms with E-state index < -0.39 is 30.4 Å². The van der Waals surface area contributed by atoms with E-state index in [2.05, 4.69) is 10.3 Å². The number of hydrogen-bond donors (Lipinski definition) is 4. The molecule has 0 aliphatic heterocycles. The number of halogens is 1. The first-order chi connectivity index (χ1) is 17.6. The van der Waals surface area contributed by atoms with Gasteiger partial charge in [-0.05, 0) is 55.5 Å². The number of amides is 1. The third kappa shape index (κ3) is 7.47. The van der Waals surface area contributed by atoms with Gasteiger partial charge in [-0.1, -0.05) is 44.2 Å². The molecule has 0 saturated carbocycles. The minimum absolute atomic E-state index is 0.0914. The van der Waals surface area contributed by atoms with Gasteiger partial charge in [0.05, 0.1) is 30.4 Å². The zero-order chi connectivity index (χ0) is 27.1. The van der Waals surface area contributed by atoms with Crippen molar-refractivity contribution in [3.8, 4) is 11.4 Å². The molecule has 4 N–H and O–H groups in total. The molecule has 0 fully saturated rings. The first kappa shape index (κ1) is 28.0. The number of carboxylic acid groups (broad SMARTS) is 1. The molecule has 9 heteroatoms. The molecule has 0 bridgehead atoms. The lowest BCUT2D eigenvalue weighted by Gasteiger charge is -2.19. The second kappa shape index (κ2) is 12.6. The third-order valence-corrected chi connectivity index (χ3v) is 6.16. The van der Waals surface area contributed by atoms with E-state index in [1.165, 1.54) is 12.1 Å². The van der Waals surface area contributed by atoms with Crippen molar-refractivity contribution in [1.82, 2.24) is 14.9 Å². The first-order valence-corrected chi connectivity index (χ1v) is 12.4. The number of nitrogens with one attached hydrogen (secondary N) is 1. The molecular weight excluding hydrogens is 477 g/mol. The van der Waals surface area contributed by atoms with E-state index >= 15 is 0 Å². The van der Waals surface area contributed by atoms with Crippen molar-refractivity contribution < 1.29 is 29.3 Å². The summed E-state index contributed by atoms with van der Waals surface area (Å²) in [4.78, 5) is 28.9. The smallest absolute Gasteiger partial charge is 0.305 e. The molecule has 3 rings (SSSR count). The lowest BCUT2D eigenvalue weighted by molar-refractivity contribution is -0.139. The molecule has 0 saturated heterocycles. The number of rotatable bonds is 12. The van der Waals surface area contributed by atoms with E-state index in [4.69, 9.17) is 5.11 Å². The number of benzene rings is 2. The van der Waals surface area contributed by atoms with Crippen molar-refractivity contribution in [3.05, 3.63) is 77.4 Å². The fraction of sp³-hybridized carbons (Fsp3) is 0.393. The lowest BCUT2D eigenvalue weighted by atomic mass is 10.0. The van der Waals surface area contributed by atoms with Gasteiger partial charge in [-0.2, -0.15) is 0 Å². The highest BCUT2D eigenvalue weighted by Crippen LogP contribution is 2.29. The normalized spacial score (nSPS) is 13.8. The van der Waals surface area contributed by atoms with Crippen LogP contribution < -0.4 is 5.32 Å². The molecule has 198 valence electrons. The van der Waals surface area contributed by atoms with Gasteiger partial charge in [0.25, 0.3) is 5.91 Å². The summed E-state index contributed by atoms with van der Waals surface area (Å²) < 4.78 is 15.5. The van der Waals surface area contributed by atoms with Crippen LogP contribution in [0, 0.1) is 5.82 Å². The summed E-state index contributed by atoms with van der Waals surface area (Å²) in [6.07, 6.45) is -2.48. The van der Waals surface area contributed by atoms with Gasteiger partial charge in [0.1, 0.15) is 17.3 Å². The monoisotopic (exact) mass is 511 g/mol. The van der Waals surface area contributed by atoms with Crippen molar-refractivity contribution in [3.63, 3.8) is 0 Å². The summed E-state index contributed by atoms with van der Waals surface area (Å²) >= 11 is 0. The standard InChI is InChI=1S/C28H34FN3O5/c1-17(2)26-25(28(37)30-18(3)19-7-5-4-6-8-19)31-27(20-9-11-21(29)12-10-20)32(26)14-13-22(33)15-23(34)16-24(35)36/h4-12,17-18,22-23,33-34H,13-16H2,1-3H3,(H,30,37)(H,35,36)/t18-,22-,23-/m1/s1. The zero-order valence-electron chi connectivity index (χ0n) is 21.3. The van der Waals surface area contributed by atoms with Gasteiger partial charge < -0.3 is 25.2 Å². The number of nitrogens with zero attached hydrogens (tertiary/aromatic N) is 2. The van der Waals surface area contributed by atoms with Crippen molar-refractivity contribution >= 4 is 11.9 Å². The number of aliphatic hydroxyl groups excluding tert-OH is 2. The molecule has 0 radical (unpaired) electrons. The van der Waals surface area contributed by atoms with E-state index in [-0.39, 0.29) is 42.9 Å². The van der Waals surface area contributed by atoms with Crippen LogP contribution in [0.4, 0.5) is 4.39 Å². The molecule has 1 amide bonds. The molecule has 1 aromatic heterocycles. The Morgan fingerprint density at radius 3 is 2.24 bits per heavy atom. The zero-order valence-corrected chi connectivity index (χ0v) is 21.3. The SMILES string of the molecule is CC(C)c1c(C(=O)N[C@H](C)c2ccccc2)nc(-c2ccc(F)cc2)n1CC[C@@H](O)C[C@@H](O)CC(=O)O. The highest BCUT2D eigenvalue weighted by atomic mass is 19.1. The Morgan fingerprint density at radius 1 is 1.00 bits per heavy atom. The third-order valence-electron chi connectivity index (χ3n) is 6.16. The number of carbonyl (C=O) groups excluding carboxylic acids is 1. The average molecular weight is 512 g/mol. The number of hydrogen-bond acceptors (Lipinski definition) is 5. The Balaban J connectivity index is 1.94. The molecule has 3 aromatic rings. The highest BCUT2D eigenvalue weighted by Gasteiger charge is 2.27. The van der Waals surface area contributed by atoms with Crippen LogP contribution in [0.2, 0.25) is 0 Å². The number of imidazole rings is 1. The van der Waals surface area contributed by atoms with Crippen LogP contribution in [0.15, 0.2) is 54.6 Å². The maximum Gasteiger partial charge on any atom is 0.305 e. The number of aliphatic hydroxyl groups is 2. The molecule has 0 spiro atoms. The van der Waals surface area contributed by atoms with Gasteiger partial charge in [0, 0.05) is 12.1 Å². The van der Waals surface area contributed by atoms with E-state index in [9.17, 15) is 24.2 Å². The molecule has 0 aliphatic rings. The summed E-state index contributed by atoms with van der Waals surface area (Å²) in [6.45, 7) is 6.02. The predicted molar refractivity (Wildman–Crippen MR) is 138 cm³/mol. The van der Waals surface area contributed by atoms with Crippen molar-refractivity contribution in [1.29, 1.82) is 0 Å². The van der Waals surface area contributed by atoms with Crippen LogP contribution in [0.5, 0.6) is 0 Å². The highest BCUT2D eigenvalue weighted by molar-refractivity contribution is 5.94. The fourth-order valence-corrected chi connectivity index (χ4v) is 4.35.